The SMILES string of the molecule is CC(=O)NC[C@H]1CN(c2ccc(-c3ccc(CN4C=C(I)[NH2+]N4)nc3)c(F)c2)C(=O)O1. The average Bonchev–Trinajstić information content (AvgIpc) is 3.32. The van der Waals surface area contributed by atoms with Gasteiger partial charge in [-0.05, 0) is 24.3 Å². The third-order valence-electron chi connectivity index (χ3n) is 4.83. The van der Waals surface area contributed by atoms with Crippen LogP contribution in [-0.2, 0) is 16.1 Å². The minimum atomic E-state index is -0.565. The zero-order valence-corrected chi connectivity index (χ0v) is 18.8. The van der Waals surface area contributed by atoms with Crippen LogP contribution in [0.2, 0.25) is 0 Å². The largest absolute Gasteiger partial charge is 0.442 e. The first-order valence-corrected chi connectivity index (χ1v) is 10.7. The van der Waals surface area contributed by atoms with Crippen molar-refractivity contribution in [3.8, 4) is 11.1 Å². The number of nitrogens with zero attached hydrogens (tertiary/aromatic N) is 3. The van der Waals surface area contributed by atoms with Crippen molar-refractivity contribution in [3.63, 3.8) is 0 Å². The van der Waals surface area contributed by atoms with E-state index >= 15 is 0 Å². The van der Waals surface area contributed by atoms with Crippen LogP contribution in [0, 0.1) is 5.82 Å². The van der Waals surface area contributed by atoms with Crippen LogP contribution in [0.5, 0.6) is 0 Å². The number of anilines is 1. The zero-order valence-electron chi connectivity index (χ0n) is 16.6. The molecule has 2 amide bonds. The molecule has 0 spiro atoms. The molecule has 11 heteroatoms. The Morgan fingerprint density at radius 2 is 2.26 bits per heavy atom. The van der Waals surface area contributed by atoms with Gasteiger partial charge in [-0.2, -0.15) is 0 Å². The number of nitrogens with one attached hydrogen (secondary N) is 2. The number of pyridine rings is 1. The van der Waals surface area contributed by atoms with E-state index in [0.29, 0.717) is 23.4 Å². The maximum atomic E-state index is 14.8. The highest BCUT2D eigenvalue weighted by Gasteiger charge is 2.32. The summed E-state index contributed by atoms with van der Waals surface area (Å²) in [6, 6.07) is 8.28. The molecule has 1 aromatic carbocycles. The lowest BCUT2D eigenvalue weighted by molar-refractivity contribution is -0.664. The van der Waals surface area contributed by atoms with Gasteiger partial charge in [0.25, 0.3) is 0 Å². The predicted octanol–water partition coefficient (Wildman–Crippen LogP) is 1.38. The van der Waals surface area contributed by atoms with Crippen molar-refractivity contribution >= 4 is 40.3 Å². The molecule has 4 N–H and O–H groups in total. The van der Waals surface area contributed by atoms with E-state index in [4.69, 9.17) is 4.74 Å². The van der Waals surface area contributed by atoms with Gasteiger partial charge < -0.3 is 10.1 Å². The van der Waals surface area contributed by atoms with Gasteiger partial charge in [0.15, 0.2) is 0 Å². The molecule has 0 bridgehead atoms. The van der Waals surface area contributed by atoms with Crippen molar-refractivity contribution < 1.29 is 24.1 Å². The van der Waals surface area contributed by atoms with Crippen molar-refractivity contribution in [1.82, 2.24) is 20.8 Å². The molecule has 1 aromatic heterocycles. The summed E-state index contributed by atoms with van der Waals surface area (Å²) in [6.45, 7) is 2.44. The smallest absolute Gasteiger partial charge is 0.414 e. The van der Waals surface area contributed by atoms with Crippen LogP contribution >= 0.6 is 22.6 Å². The summed E-state index contributed by atoms with van der Waals surface area (Å²) in [5.74, 6) is -0.663. The Kier molecular flexibility index (Phi) is 6.34. The summed E-state index contributed by atoms with van der Waals surface area (Å²) >= 11 is 2.22. The van der Waals surface area contributed by atoms with Crippen molar-refractivity contribution in [2.24, 2.45) is 0 Å². The maximum Gasteiger partial charge on any atom is 0.414 e. The summed E-state index contributed by atoms with van der Waals surface area (Å²) in [7, 11) is 0. The molecule has 0 aliphatic carbocycles. The van der Waals surface area contributed by atoms with Gasteiger partial charge in [0.2, 0.25) is 9.61 Å². The number of halogens is 2. The van der Waals surface area contributed by atoms with Crippen LogP contribution < -0.4 is 21.2 Å². The Bertz CT molecular complexity index is 1030. The molecule has 1 saturated heterocycles. The first kappa shape index (κ1) is 21.5. The first-order valence-electron chi connectivity index (χ1n) is 9.60. The Morgan fingerprint density at radius 1 is 1.42 bits per heavy atom. The number of benzene rings is 1. The number of quaternary nitrogens is 1. The number of carbonyl (C=O) groups is 2. The molecule has 9 nitrogen and oxygen atoms in total. The second-order valence-electron chi connectivity index (χ2n) is 7.17. The summed E-state index contributed by atoms with van der Waals surface area (Å²) in [5.41, 5.74) is 7.29. The number of rotatable bonds is 6. The number of ether oxygens (including phenoxy) is 1. The van der Waals surface area contributed by atoms with Crippen molar-refractivity contribution in [2.75, 3.05) is 18.0 Å². The van der Waals surface area contributed by atoms with Gasteiger partial charge >= 0.3 is 6.09 Å². The quantitative estimate of drug-likeness (QED) is 0.291. The standard InChI is InChI=1S/C20H20FIN6O3/c1-12(29)23-8-16-10-28(20(30)31-16)15-4-5-17(18(21)6-15)13-2-3-14(24-7-13)9-27-11-19(22)25-26-27/h2-7,11,16,25-26H,8-10H2,1H3,(H,23,29)/p+1/t16-/m0/s1. The number of carbonyl (C=O) groups excluding carboxylic acids is 2. The summed E-state index contributed by atoms with van der Waals surface area (Å²) < 4.78 is 21.2. The van der Waals surface area contributed by atoms with Crippen molar-refractivity contribution in [2.45, 2.75) is 19.6 Å². The molecule has 31 heavy (non-hydrogen) atoms. The Morgan fingerprint density at radius 3 is 2.90 bits per heavy atom. The molecule has 162 valence electrons. The van der Waals surface area contributed by atoms with E-state index in [-0.39, 0.29) is 19.0 Å². The second kappa shape index (κ2) is 9.16. The van der Waals surface area contributed by atoms with Gasteiger partial charge in [0.05, 0.1) is 37.2 Å². The zero-order chi connectivity index (χ0) is 22.0. The van der Waals surface area contributed by atoms with Crippen LogP contribution in [0.25, 0.3) is 11.1 Å². The van der Waals surface area contributed by atoms with Crippen LogP contribution in [0.1, 0.15) is 12.6 Å². The number of hydrogen-bond acceptors (Lipinski definition) is 6. The molecule has 4 rings (SSSR count). The lowest BCUT2D eigenvalue weighted by Gasteiger charge is -2.15. The van der Waals surface area contributed by atoms with Gasteiger partial charge in [-0.3, -0.25) is 19.7 Å². The molecule has 2 aliphatic rings. The van der Waals surface area contributed by atoms with E-state index in [1.54, 1.807) is 18.3 Å². The average molecular weight is 539 g/mol. The molecule has 2 aliphatic heterocycles. The Labute approximate surface area is 191 Å². The van der Waals surface area contributed by atoms with Gasteiger partial charge in [-0.25, -0.2) is 14.6 Å². The highest BCUT2D eigenvalue weighted by Crippen LogP contribution is 2.29. The van der Waals surface area contributed by atoms with E-state index in [2.05, 4.69) is 38.4 Å². The van der Waals surface area contributed by atoms with Gasteiger partial charge in [0, 0.05) is 46.8 Å². The van der Waals surface area contributed by atoms with Crippen molar-refractivity contribution in [3.05, 3.63) is 57.9 Å². The summed E-state index contributed by atoms with van der Waals surface area (Å²) in [6.07, 6.45) is 2.57. The molecule has 1 atom stereocenters. The molecular formula is C20H21FIN6O3+. The molecule has 0 unspecified atom stereocenters. The van der Waals surface area contributed by atoms with E-state index in [1.807, 2.05) is 28.8 Å². The molecule has 2 aromatic rings. The number of nitrogens with two attached hydrogens (primary N) is 1. The maximum absolute atomic E-state index is 14.8. The predicted molar refractivity (Wildman–Crippen MR) is 119 cm³/mol. The number of amides is 2. The van der Waals surface area contributed by atoms with Gasteiger partial charge in [-0.1, -0.05) is 11.6 Å². The van der Waals surface area contributed by atoms with E-state index in [9.17, 15) is 14.0 Å². The highest BCUT2D eigenvalue weighted by molar-refractivity contribution is 14.1. The lowest BCUT2D eigenvalue weighted by Crippen LogP contribution is -2.89. The number of hydrogen-bond donors (Lipinski definition) is 3. The Hall–Kier alpha value is -2.77. The summed E-state index contributed by atoms with van der Waals surface area (Å²) in [5, 5.41) is 4.53. The fraction of sp³-hybridized carbons (Fsp3) is 0.250. The first-order chi connectivity index (χ1) is 14.9. The third-order valence-corrected chi connectivity index (χ3v) is 5.42. The van der Waals surface area contributed by atoms with Crippen LogP contribution in [0.15, 0.2) is 46.4 Å². The van der Waals surface area contributed by atoms with Crippen LogP contribution in [0.4, 0.5) is 14.9 Å². The Balaban J connectivity index is 1.44. The van der Waals surface area contributed by atoms with Crippen LogP contribution in [-0.4, -0.2) is 41.2 Å². The lowest BCUT2D eigenvalue weighted by atomic mass is 10.1. The van der Waals surface area contributed by atoms with Gasteiger partial charge in [-0.15, -0.1) is 0 Å². The van der Waals surface area contributed by atoms with E-state index in [0.717, 1.165) is 9.40 Å². The minimum Gasteiger partial charge on any atom is -0.442 e. The minimum absolute atomic E-state index is 0.203. The molecule has 0 saturated carbocycles. The molecule has 0 radical (unpaired) electrons. The highest BCUT2D eigenvalue weighted by atomic mass is 127. The molecular weight excluding hydrogens is 518 g/mol. The fourth-order valence-electron chi connectivity index (χ4n) is 3.31. The second-order valence-corrected chi connectivity index (χ2v) is 8.42. The van der Waals surface area contributed by atoms with E-state index < -0.39 is 18.0 Å². The summed E-state index contributed by atoms with van der Waals surface area (Å²) in [4.78, 5) is 29.0. The number of cyclic esters (lactones) is 1. The molecule has 1 fully saturated rings. The van der Waals surface area contributed by atoms with Gasteiger partial charge in [0.1, 0.15) is 11.9 Å². The van der Waals surface area contributed by atoms with Crippen LogP contribution in [0.3, 0.4) is 0 Å². The number of hydrazine groups is 1. The fourth-order valence-corrected chi connectivity index (χ4v) is 3.79. The molecule has 3 heterocycles. The number of aromatic nitrogens is 1. The van der Waals surface area contributed by atoms with E-state index in [1.165, 1.54) is 17.9 Å². The van der Waals surface area contributed by atoms with Crippen molar-refractivity contribution in [1.29, 1.82) is 0 Å². The monoisotopic (exact) mass is 539 g/mol. The third kappa shape index (κ3) is 5.11. The normalized spacial score (nSPS) is 18.2. The topological polar surface area (TPSA) is 103 Å².